The summed E-state index contributed by atoms with van der Waals surface area (Å²) < 4.78 is 0. The molecule has 10 rings (SSSR count). The molecule has 0 heterocycles. The quantitative estimate of drug-likeness (QED) is 0.160. The number of Topliss-reactive ketones (excluding diaryl/α,β-unsaturated/α-hetero) is 3. The molecular formula is C69H93ClN4O6. The van der Waals surface area contributed by atoms with Crippen molar-refractivity contribution in [1.29, 1.82) is 15.8 Å². The summed E-state index contributed by atoms with van der Waals surface area (Å²) in [6.45, 7) is 30.6. The van der Waals surface area contributed by atoms with Crippen molar-refractivity contribution in [3.05, 3.63) is 46.6 Å². The Hall–Kier alpha value is -4.74. The summed E-state index contributed by atoms with van der Waals surface area (Å²) in [6, 6.07) is 6.05. The van der Waals surface area contributed by atoms with Gasteiger partial charge in [-0.3, -0.25) is 28.8 Å². The van der Waals surface area contributed by atoms with E-state index in [0.717, 1.165) is 101 Å². The predicted molar refractivity (Wildman–Crippen MR) is 313 cm³/mol. The molecule has 10 aliphatic rings. The second-order valence-electron chi connectivity index (χ2n) is 30.6. The molecule has 0 bridgehead atoms. The monoisotopic (exact) mass is 1110 g/mol. The number of nitrogens with two attached hydrogens (primary N) is 1. The summed E-state index contributed by atoms with van der Waals surface area (Å²) in [5.41, 5.74) is 2.77. The lowest BCUT2D eigenvalue weighted by molar-refractivity contribution is -0.177. The lowest BCUT2D eigenvalue weighted by Crippen LogP contribution is -2.65. The van der Waals surface area contributed by atoms with E-state index in [4.69, 9.17) is 23.3 Å². The molecule has 2 N–H and O–H groups in total. The van der Waals surface area contributed by atoms with Gasteiger partial charge in [0.15, 0.2) is 23.1 Å². The standard InChI is InChI=1S/C35H45NO3.C31H40ClNO3.C2H4N2.CH4/c1-9-10-11-27(38)35-16-14-30(2,3)20-23(35)28-24(37)18-26-32(6)19-22(21-36)29(39)31(4,5)25(32)12-13-33(26,7)34(28,8)15-17-35;1-26(2)10-12-31(25(32)36)13-11-30(7)23(19(31)16-26)20(34)14-22-28(5)15-18(17-33)24(35)27(3,4)21(28)8-9-29(22,30)6;3-1-2-4;/h1,18-19,23,25,28H,10-17,20H2,2-8H3;14-15,19,21,23H,8-13,16H2,1-7H3;1,3H2;1H4/t23-,25-,28-,32-,33+,34+,35-;19-,21-,23-,28-,29+,30+,31-;;/m00../s1. The highest BCUT2D eigenvalue weighted by Crippen LogP contribution is 2.77. The molecule has 0 saturated heterocycles. The number of nitriles is 3. The Balaban J connectivity index is 0.000000215. The Bertz CT molecular complexity index is 3000. The molecule has 0 spiro atoms. The van der Waals surface area contributed by atoms with Crippen LogP contribution in [0.3, 0.4) is 0 Å². The summed E-state index contributed by atoms with van der Waals surface area (Å²) >= 11 is 6.36. The maximum atomic E-state index is 14.5. The molecule has 80 heavy (non-hydrogen) atoms. The van der Waals surface area contributed by atoms with Crippen molar-refractivity contribution in [2.75, 3.05) is 6.54 Å². The van der Waals surface area contributed by atoms with Gasteiger partial charge in [-0.15, -0.1) is 12.3 Å². The molecule has 10 nitrogen and oxygen atoms in total. The Morgan fingerprint density at radius 2 is 0.963 bits per heavy atom. The van der Waals surface area contributed by atoms with Crippen LogP contribution in [0.4, 0.5) is 0 Å². The fraction of sp³-hybridized carbons (Fsp3) is 0.725. The van der Waals surface area contributed by atoms with Crippen molar-refractivity contribution in [2.24, 2.45) is 106 Å². The van der Waals surface area contributed by atoms with E-state index in [1.807, 2.05) is 52.0 Å². The zero-order chi connectivity index (χ0) is 58.9. The van der Waals surface area contributed by atoms with Gasteiger partial charge in [0, 0.05) is 57.2 Å². The zero-order valence-corrected chi connectivity index (χ0v) is 50.9. The van der Waals surface area contributed by atoms with Crippen molar-refractivity contribution in [2.45, 2.75) is 207 Å². The normalized spacial score (nSPS) is 42.6. The van der Waals surface area contributed by atoms with Crippen LogP contribution in [0, 0.1) is 147 Å². The van der Waals surface area contributed by atoms with Gasteiger partial charge >= 0.3 is 0 Å². The minimum absolute atomic E-state index is 0. The van der Waals surface area contributed by atoms with E-state index in [-0.39, 0.29) is 127 Å². The highest BCUT2D eigenvalue weighted by atomic mass is 35.5. The number of halogens is 1. The van der Waals surface area contributed by atoms with Crippen LogP contribution in [-0.2, 0) is 28.8 Å². The van der Waals surface area contributed by atoms with Gasteiger partial charge in [-0.25, -0.2) is 0 Å². The van der Waals surface area contributed by atoms with Crippen LogP contribution in [0.15, 0.2) is 46.6 Å². The number of allylic oxidation sites excluding steroid dienone is 8. The number of nitrogens with zero attached hydrogens (tertiary/aromatic N) is 3. The minimum atomic E-state index is -0.671. The molecule has 10 aliphatic carbocycles. The van der Waals surface area contributed by atoms with Gasteiger partial charge in [0.2, 0.25) is 5.24 Å². The SMILES string of the molecule is C.C#CCCC(=O)[C@]12CCC(C)(C)C[C@H]1[C@H]1C(=O)C=C3[C@@]4(C)C=C(C#N)C(=O)C(C)(C)[C@@H]4CC[C@@]3(C)[C@]1(C)CC2.CC1(C)CC[C@]2(C(=O)Cl)CC[C@]3(C)[C@H](C(=O)C=C4[C@@]5(C)C=C(C#N)C(=O)C(C)(C)[C@@H]5CC[C@]43C)[C@@H]2C1.N#CCN. The lowest BCUT2D eigenvalue weighted by Gasteiger charge is -2.69. The molecule has 0 radical (unpaired) electrons. The van der Waals surface area contributed by atoms with Gasteiger partial charge in [-0.1, -0.05) is 128 Å². The molecule has 0 aliphatic heterocycles. The highest BCUT2D eigenvalue weighted by Gasteiger charge is 2.73. The summed E-state index contributed by atoms with van der Waals surface area (Å²) in [5, 5.41) is 27.0. The van der Waals surface area contributed by atoms with Crippen LogP contribution >= 0.6 is 11.6 Å². The largest absolute Gasteiger partial charge is 0.318 e. The number of terminal acetylenes is 1. The molecule has 11 heteroatoms. The zero-order valence-electron chi connectivity index (χ0n) is 50.1. The average Bonchev–Trinajstić information content (AvgIpc) is 1.76. The van der Waals surface area contributed by atoms with Crippen molar-refractivity contribution in [3.8, 4) is 30.6 Å². The van der Waals surface area contributed by atoms with Crippen LogP contribution in [-0.4, -0.2) is 40.7 Å². The van der Waals surface area contributed by atoms with Gasteiger partial charge in [0.25, 0.3) is 0 Å². The molecule has 0 aromatic carbocycles. The Kier molecular flexibility index (Phi) is 15.9. The lowest BCUT2D eigenvalue weighted by atomic mass is 9.34. The number of hydrogen-bond acceptors (Lipinski definition) is 10. The minimum Gasteiger partial charge on any atom is -0.318 e. The van der Waals surface area contributed by atoms with Crippen LogP contribution in [0.5, 0.6) is 0 Å². The van der Waals surface area contributed by atoms with Crippen LogP contribution in [0.25, 0.3) is 0 Å². The number of fused-ring (bicyclic) bond motifs is 14. The fourth-order valence-corrected chi connectivity index (χ4v) is 20.9. The number of carbonyl (C=O) groups is 6. The third-order valence-electron chi connectivity index (χ3n) is 25.3. The van der Waals surface area contributed by atoms with E-state index in [2.05, 4.69) is 93.0 Å². The third-order valence-corrected chi connectivity index (χ3v) is 25.6. The van der Waals surface area contributed by atoms with Crippen LogP contribution in [0.1, 0.15) is 207 Å². The van der Waals surface area contributed by atoms with E-state index >= 15 is 0 Å². The van der Waals surface area contributed by atoms with Gasteiger partial charge in [0.1, 0.15) is 17.9 Å². The van der Waals surface area contributed by atoms with Crippen molar-refractivity contribution in [1.82, 2.24) is 0 Å². The predicted octanol–water partition coefficient (Wildman–Crippen LogP) is 14.3. The van der Waals surface area contributed by atoms with Crippen LogP contribution in [0.2, 0.25) is 0 Å². The van der Waals surface area contributed by atoms with Crippen molar-refractivity contribution in [3.63, 3.8) is 0 Å². The van der Waals surface area contributed by atoms with Gasteiger partial charge < -0.3 is 5.73 Å². The van der Waals surface area contributed by atoms with E-state index in [1.165, 1.54) is 0 Å². The Morgan fingerprint density at radius 1 is 0.600 bits per heavy atom. The van der Waals surface area contributed by atoms with Crippen molar-refractivity contribution < 1.29 is 28.8 Å². The first-order chi connectivity index (χ1) is 36.5. The maximum absolute atomic E-state index is 14.5. The van der Waals surface area contributed by atoms with E-state index in [1.54, 1.807) is 6.07 Å². The first-order valence-electron chi connectivity index (χ1n) is 29.6. The highest BCUT2D eigenvalue weighted by molar-refractivity contribution is 6.64. The first-order valence-corrected chi connectivity index (χ1v) is 30.0. The second kappa shape index (κ2) is 20.3. The molecule has 6 fully saturated rings. The van der Waals surface area contributed by atoms with E-state index in [0.29, 0.717) is 12.8 Å². The fourth-order valence-electron chi connectivity index (χ4n) is 20.5. The summed E-state index contributed by atoms with van der Waals surface area (Å²) in [5.74, 6) is 2.55. The average molecular weight is 1110 g/mol. The molecule has 0 aromatic rings. The Labute approximate surface area is 485 Å². The number of hydrogen-bond donors (Lipinski definition) is 1. The first kappa shape index (κ1) is 62.9. The topological polar surface area (TPSA) is 200 Å². The summed E-state index contributed by atoms with van der Waals surface area (Å²) in [7, 11) is 0. The number of rotatable bonds is 4. The Morgan fingerprint density at radius 3 is 1.32 bits per heavy atom. The molecule has 432 valence electrons. The summed E-state index contributed by atoms with van der Waals surface area (Å²) in [6.07, 6.45) is 25.9. The second-order valence-corrected chi connectivity index (χ2v) is 30.9. The van der Waals surface area contributed by atoms with E-state index < -0.39 is 32.5 Å². The molecule has 6 saturated carbocycles. The number of carbonyl (C=O) groups excluding carboxylic acids is 6. The van der Waals surface area contributed by atoms with Crippen molar-refractivity contribution >= 4 is 45.8 Å². The molecular weight excluding hydrogens is 1020 g/mol. The van der Waals surface area contributed by atoms with Gasteiger partial charge in [0.05, 0.1) is 23.8 Å². The van der Waals surface area contributed by atoms with Gasteiger partial charge in [-0.2, -0.15) is 15.8 Å². The molecule has 0 amide bonds. The molecule has 0 aromatic heterocycles. The number of ketones is 5. The molecule has 0 unspecified atom stereocenters. The maximum Gasteiger partial charge on any atom is 0.228 e. The summed E-state index contributed by atoms with van der Waals surface area (Å²) in [4.78, 5) is 82.1. The third kappa shape index (κ3) is 8.65. The van der Waals surface area contributed by atoms with E-state index in [9.17, 15) is 39.3 Å². The smallest absolute Gasteiger partial charge is 0.228 e. The van der Waals surface area contributed by atoms with Crippen LogP contribution < -0.4 is 5.73 Å². The molecule has 14 atom stereocenters. The van der Waals surface area contributed by atoms with Gasteiger partial charge in [-0.05, 0) is 170 Å².